The van der Waals surface area contributed by atoms with E-state index < -0.39 is 5.97 Å². The molecule has 7 heteroatoms. The molecule has 6 nitrogen and oxygen atoms in total. The van der Waals surface area contributed by atoms with Gasteiger partial charge in [0.25, 0.3) is 0 Å². The lowest BCUT2D eigenvalue weighted by Gasteiger charge is -2.29. The number of aliphatic carboxylic acids is 1. The summed E-state index contributed by atoms with van der Waals surface area (Å²) >= 11 is 0. The van der Waals surface area contributed by atoms with Gasteiger partial charge >= 0.3 is 5.97 Å². The number of carboxylic acid groups (broad SMARTS) is 1. The van der Waals surface area contributed by atoms with Gasteiger partial charge in [-0.1, -0.05) is 30.3 Å². The van der Waals surface area contributed by atoms with Crippen molar-refractivity contribution in [2.45, 2.75) is 12.8 Å². The van der Waals surface area contributed by atoms with E-state index in [0.717, 1.165) is 0 Å². The second-order valence-electron chi connectivity index (χ2n) is 6.35. The summed E-state index contributed by atoms with van der Waals surface area (Å²) in [5, 5.41) is 11.9. The number of hydrogen-bond acceptors (Lipinski definition) is 4. The first-order valence-electron chi connectivity index (χ1n) is 8.69. The van der Waals surface area contributed by atoms with E-state index in [1.807, 2.05) is 47.4 Å². The highest BCUT2D eigenvalue weighted by Gasteiger charge is 2.25. The Morgan fingerprint density at radius 3 is 2.33 bits per heavy atom. The second-order valence-corrected chi connectivity index (χ2v) is 6.35. The highest BCUT2D eigenvalue weighted by atomic mass is 35.5. The summed E-state index contributed by atoms with van der Waals surface area (Å²) in [5.74, 6) is 0.0971. The molecule has 2 aromatic rings. The molecule has 0 unspecified atom stereocenters. The SMILES string of the molecule is Cl.O=C(CN1CCC(C(=O)O)CC1)Nc1ccccc1Oc1ccccc1. The third-order valence-corrected chi connectivity index (χ3v) is 4.44. The predicted octanol–water partition coefficient (Wildman–Crippen LogP) is 3.64. The van der Waals surface area contributed by atoms with Gasteiger partial charge in [0.2, 0.25) is 5.91 Å². The number of nitrogens with zero attached hydrogens (tertiary/aromatic N) is 1. The Kier molecular flexibility index (Phi) is 7.64. The molecule has 1 aliphatic heterocycles. The smallest absolute Gasteiger partial charge is 0.306 e. The minimum Gasteiger partial charge on any atom is -0.481 e. The topological polar surface area (TPSA) is 78.9 Å². The maximum absolute atomic E-state index is 12.4. The minimum absolute atomic E-state index is 0. The number of carboxylic acids is 1. The Hall–Kier alpha value is -2.57. The molecule has 0 atom stereocenters. The molecule has 0 aliphatic carbocycles. The van der Waals surface area contributed by atoms with E-state index in [0.29, 0.717) is 43.1 Å². The van der Waals surface area contributed by atoms with Crippen LogP contribution >= 0.6 is 12.4 Å². The fourth-order valence-corrected chi connectivity index (χ4v) is 3.01. The van der Waals surface area contributed by atoms with E-state index in [9.17, 15) is 9.59 Å². The molecule has 1 aliphatic rings. The van der Waals surface area contributed by atoms with Crippen molar-refractivity contribution in [2.75, 3.05) is 25.0 Å². The molecule has 0 radical (unpaired) electrons. The highest BCUT2D eigenvalue weighted by molar-refractivity contribution is 5.93. The number of halogens is 1. The Morgan fingerprint density at radius 2 is 1.67 bits per heavy atom. The molecule has 1 fully saturated rings. The van der Waals surface area contributed by atoms with Gasteiger partial charge in [-0.15, -0.1) is 12.4 Å². The maximum Gasteiger partial charge on any atom is 0.306 e. The molecule has 1 heterocycles. The van der Waals surface area contributed by atoms with Crippen LogP contribution in [0.5, 0.6) is 11.5 Å². The van der Waals surface area contributed by atoms with E-state index >= 15 is 0 Å². The third-order valence-electron chi connectivity index (χ3n) is 4.44. The number of benzene rings is 2. The normalized spacial score (nSPS) is 14.8. The molecule has 1 saturated heterocycles. The lowest BCUT2D eigenvalue weighted by atomic mass is 9.97. The Morgan fingerprint density at radius 1 is 1.04 bits per heavy atom. The maximum atomic E-state index is 12.4. The van der Waals surface area contributed by atoms with Gasteiger partial charge in [0.15, 0.2) is 5.75 Å². The van der Waals surface area contributed by atoms with Gasteiger partial charge in [0.05, 0.1) is 18.2 Å². The van der Waals surface area contributed by atoms with Crippen molar-refractivity contribution in [3.63, 3.8) is 0 Å². The molecule has 144 valence electrons. The Bertz CT molecular complexity index is 762. The van der Waals surface area contributed by atoms with Crippen molar-refractivity contribution in [3.05, 3.63) is 54.6 Å². The number of hydrogen-bond donors (Lipinski definition) is 2. The minimum atomic E-state index is -0.749. The van der Waals surface area contributed by atoms with Crippen LogP contribution < -0.4 is 10.1 Å². The van der Waals surface area contributed by atoms with E-state index in [-0.39, 0.29) is 30.8 Å². The zero-order valence-electron chi connectivity index (χ0n) is 14.8. The zero-order chi connectivity index (χ0) is 18.4. The summed E-state index contributed by atoms with van der Waals surface area (Å²) < 4.78 is 5.85. The van der Waals surface area contributed by atoms with Gasteiger partial charge in [-0.25, -0.2) is 0 Å². The Balaban J connectivity index is 0.00000261. The molecule has 27 heavy (non-hydrogen) atoms. The molecule has 0 spiro atoms. The van der Waals surface area contributed by atoms with E-state index in [4.69, 9.17) is 9.84 Å². The van der Waals surface area contributed by atoms with Crippen molar-refractivity contribution < 1.29 is 19.4 Å². The van der Waals surface area contributed by atoms with Crippen molar-refractivity contribution in [3.8, 4) is 11.5 Å². The molecule has 0 aromatic heterocycles. The molecular weight excluding hydrogens is 368 g/mol. The Labute approximate surface area is 164 Å². The summed E-state index contributed by atoms with van der Waals surface area (Å²) in [6, 6.07) is 16.7. The van der Waals surface area contributed by atoms with Gasteiger partial charge < -0.3 is 15.2 Å². The van der Waals surface area contributed by atoms with Crippen LogP contribution in [0, 0.1) is 5.92 Å². The number of ether oxygens (including phenoxy) is 1. The lowest BCUT2D eigenvalue weighted by Crippen LogP contribution is -2.40. The van der Waals surface area contributed by atoms with Crippen molar-refractivity contribution in [1.29, 1.82) is 0 Å². The van der Waals surface area contributed by atoms with Gasteiger partial charge in [-0.3, -0.25) is 14.5 Å². The molecule has 2 N–H and O–H groups in total. The van der Waals surface area contributed by atoms with Crippen molar-refractivity contribution >= 4 is 30.0 Å². The summed E-state index contributed by atoms with van der Waals surface area (Å²) in [7, 11) is 0. The zero-order valence-corrected chi connectivity index (χ0v) is 15.7. The number of likely N-dealkylation sites (tertiary alicyclic amines) is 1. The molecule has 3 rings (SSSR count). The molecular formula is C20H23ClN2O4. The number of carbonyl (C=O) groups excluding carboxylic acids is 1. The number of piperidine rings is 1. The van der Waals surface area contributed by atoms with Gasteiger partial charge in [-0.2, -0.15) is 0 Å². The van der Waals surface area contributed by atoms with Crippen LogP contribution in [-0.2, 0) is 9.59 Å². The van der Waals surface area contributed by atoms with Gasteiger partial charge in [0.1, 0.15) is 5.75 Å². The van der Waals surface area contributed by atoms with Crippen LogP contribution in [-0.4, -0.2) is 41.5 Å². The highest BCUT2D eigenvalue weighted by Crippen LogP contribution is 2.29. The summed E-state index contributed by atoms with van der Waals surface area (Å²) in [4.78, 5) is 25.4. The first-order valence-corrected chi connectivity index (χ1v) is 8.69. The second kappa shape index (κ2) is 9.94. The first-order chi connectivity index (χ1) is 12.6. The number of rotatable bonds is 6. The predicted molar refractivity (Wildman–Crippen MR) is 106 cm³/mol. The first kappa shape index (κ1) is 20.7. The quantitative estimate of drug-likeness (QED) is 0.787. The van der Waals surface area contributed by atoms with Gasteiger partial charge in [0, 0.05) is 0 Å². The largest absolute Gasteiger partial charge is 0.481 e. The molecule has 0 saturated carbocycles. The van der Waals surface area contributed by atoms with E-state index in [1.54, 1.807) is 12.1 Å². The number of anilines is 1. The average molecular weight is 391 g/mol. The molecule has 0 bridgehead atoms. The van der Waals surface area contributed by atoms with Crippen molar-refractivity contribution in [2.24, 2.45) is 5.92 Å². The number of amides is 1. The lowest BCUT2D eigenvalue weighted by molar-refractivity contribution is -0.143. The van der Waals surface area contributed by atoms with Crippen LogP contribution in [0.15, 0.2) is 54.6 Å². The molecule has 2 aromatic carbocycles. The van der Waals surface area contributed by atoms with Crippen LogP contribution in [0.1, 0.15) is 12.8 Å². The summed E-state index contributed by atoms with van der Waals surface area (Å²) in [5.41, 5.74) is 0.613. The third kappa shape index (κ3) is 5.98. The fourth-order valence-electron chi connectivity index (χ4n) is 3.01. The number of carbonyl (C=O) groups is 2. The van der Waals surface area contributed by atoms with Gasteiger partial charge in [-0.05, 0) is 50.2 Å². The molecule has 1 amide bonds. The van der Waals surface area contributed by atoms with E-state index in [1.165, 1.54) is 0 Å². The van der Waals surface area contributed by atoms with Crippen LogP contribution in [0.3, 0.4) is 0 Å². The van der Waals surface area contributed by atoms with Crippen LogP contribution in [0.4, 0.5) is 5.69 Å². The standard InChI is InChI=1S/C20H22N2O4.ClH/c23-19(14-22-12-10-15(11-13-22)20(24)25)21-17-8-4-5-9-18(17)26-16-6-2-1-3-7-16;/h1-9,15H,10-14H2,(H,21,23)(H,24,25);1H. The van der Waals surface area contributed by atoms with Crippen LogP contribution in [0.25, 0.3) is 0 Å². The number of nitrogens with one attached hydrogen (secondary N) is 1. The van der Waals surface area contributed by atoms with Crippen LogP contribution in [0.2, 0.25) is 0 Å². The summed E-state index contributed by atoms with van der Waals surface area (Å²) in [6.07, 6.45) is 1.16. The number of para-hydroxylation sites is 3. The van der Waals surface area contributed by atoms with E-state index in [2.05, 4.69) is 5.32 Å². The fraction of sp³-hybridized carbons (Fsp3) is 0.300. The average Bonchev–Trinajstić information content (AvgIpc) is 2.64. The summed E-state index contributed by atoms with van der Waals surface area (Å²) in [6.45, 7) is 1.48. The van der Waals surface area contributed by atoms with Crippen molar-refractivity contribution in [1.82, 2.24) is 4.90 Å². The monoisotopic (exact) mass is 390 g/mol.